The van der Waals surface area contributed by atoms with Crippen LogP contribution in [0.3, 0.4) is 0 Å². The Hall–Kier alpha value is -6.58. The van der Waals surface area contributed by atoms with Gasteiger partial charge in [0.05, 0.1) is 5.69 Å². The minimum absolute atomic E-state index is 0.872. The van der Waals surface area contributed by atoms with E-state index in [0.29, 0.717) is 0 Å². The molecule has 2 aromatic heterocycles. The molecule has 0 saturated heterocycles. The van der Waals surface area contributed by atoms with Crippen LogP contribution < -0.4 is 4.90 Å². The first-order chi connectivity index (χ1) is 24.3. The lowest BCUT2D eigenvalue weighted by Gasteiger charge is -2.28. The molecule has 0 unspecified atom stereocenters. The molecule has 0 aliphatic heterocycles. The van der Waals surface area contributed by atoms with E-state index in [1.54, 1.807) is 0 Å². The molecule has 0 aliphatic rings. The Kier molecular flexibility index (Phi) is 6.18. The zero-order valence-corrected chi connectivity index (χ0v) is 26.5. The van der Waals surface area contributed by atoms with Crippen LogP contribution in [0.15, 0.2) is 185 Å². The van der Waals surface area contributed by atoms with Gasteiger partial charge >= 0.3 is 0 Å². The topological polar surface area (TPSA) is 29.5 Å². The number of furan rings is 2. The monoisotopic (exact) mass is 627 g/mol. The molecule has 0 aliphatic carbocycles. The highest BCUT2D eigenvalue weighted by Crippen LogP contribution is 2.45. The first-order valence-electron chi connectivity index (χ1n) is 16.6. The number of benzene rings is 8. The van der Waals surface area contributed by atoms with Crippen molar-refractivity contribution in [1.82, 2.24) is 0 Å². The van der Waals surface area contributed by atoms with Gasteiger partial charge in [0.1, 0.15) is 22.3 Å². The van der Waals surface area contributed by atoms with Crippen LogP contribution in [0.5, 0.6) is 0 Å². The van der Waals surface area contributed by atoms with Crippen LogP contribution in [0.1, 0.15) is 0 Å². The van der Waals surface area contributed by atoms with Crippen molar-refractivity contribution in [3.63, 3.8) is 0 Å². The highest BCUT2D eigenvalue weighted by Gasteiger charge is 2.21. The van der Waals surface area contributed by atoms with Crippen molar-refractivity contribution in [2.24, 2.45) is 0 Å². The smallest absolute Gasteiger partial charge is 0.143 e. The van der Waals surface area contributed by atoms with E-state index in [1.165, 1.54) is 21.9 Å². The Bertz CT molecular complexity index is 2840. The highest BCUT2D eigenvalue weighted by molar-refractivity contribution is 6.11. The summed E-state index contributed by atoms with van der Waals surface area (Å²) in [6.07, 6.45) is 0. The van der Waals surface area contributed by atoms with Gasteiger partial charge in [0.2, 0.25) is 0 Å². The van der Waals surface area contributed by atoms with Crippen molar-refractivity contribution < 1.29 is 8.83 Å². The predicted molar refractivity (Wildman–Crippen MR) is 204 cm³/mol. The third-order valence-electron chi connectivity index (χ3n) is 9.67. The van der Waals surface area contributed by atoms with Gasteiger partial charge in [-0.05, 0) is 76.5 Å². The number of anilines is 3. The molecule has 0 bridgehead atoms. The molecule has 0 spiro atoms. The Morgan fingerprint density at radius 3 is 1.82 bits per heavy atom. The van der Waals surface area contributed by atoms with Gasteiger partial charge in [0.15, 0.2) is 0 Å². The second-order valence-electron chi connectivity index (χ2n) is 12.5. The molecule has 0 radical (unpaired) electrons. The van der Waals surface area contributed by atoms with Crippen LogP contribution >= 0.6 is 0 Å². The maximum Gasteiger partial charge on any atom is 0.143 e. The van der Waals surface area contributed by atoms with Crippen molar-refractivity contribution in [3.05, 3.63) is 176 Å². The van der Waals surface area contributed by atoms with Crippen molar-refractivity contribution in [2.75, 3.05) is 4.90 Å². The largest absolute Gasteiger partial charge is 0.456 e. The molecular weight excluding hydrogens is 599 g/mol. The normalized spacial score (nSPS) is 11.7. The second-order valence-corrected chi connectivity index (χ2v) is 12.5. The summed E-state index contributed by atoms with van der Waals surface area (Å²) < 4.78 is 12.8. The molecule has 2 heterocycles. The van der Waals surface area contributed by atoms with Crippen LogP contribution in [0.25, 0.3) is 76.9 Å². The zero-order valence-electron chi connectivity index (χ0n) is 26.5. The maximum absolute atomic E-state index is 6.54. The lowest BCUT2D eigenvalue weighted by molar-refractivity contribution is 0.669. The molecule has 10 rings (SSSR count). The molecule has 0 amide bonds. The fraction of sp³-hybridized carbons (Fsp3) is 0. The Morgan fingerprint density at radius 1 is 0.347 bits per heavy atom. The summed E-state index contributed by atoms with van der Waals surface area (Å²) >= 11 is 0. The lowest BCUT2D eigenvalue weighted by Crippen LogP contribution is -2.11. The third-order valence-corrected chi connectivity index (χ3v) is 9.67. The molecule has 0 atom stereocenters. The summed E-state index contributed by atoms with van der Waals surface area (Å²) in [6, 6.07) is 62.1. The average molecular weight is 628 g/mol. The quantitative estimate of drug-likeness (QED) is 0.190. The van der Waals surface area contributed by atoms with Gasteiger partial charge in [-0.2, -0.15) is 0 Å². The van der Waals surface area contributed by atoms with Crippen molar-refractivity contribution in [3.8, 4) is 22.3 Å². The molecule has 3 nitrogen and oxygen atoms in total. The third kappa shape index (κ3) is 4.51. The molecule has 49 heavy (non-hydrogen) atoms. The van der Waals surface area contributed by atoms with E-state index in [-0.39, 0.29) is 0 Å². The molecule has 0 fully saturated rings. The summed E-state index contributed by atoms with van der Waals surface area (Å²) in [5, 5.41) is 6.90. The summed E-state index contributed by atoms with van der Waals surface area (Å²) in [6.45, 7) is 0. The molecule has 230 valence electrons. The van der Waals surface area contributed by atoms with Gasteiger partial charge in [-0.15, -0.1) is 0 Å². The molecule has 10 aromatic rings. The predicted octanol–water partition coefficient (Wildman–Crippen LogP) is 13.4. The SMILES string of the molecule is c1ccc(N(c2ccc(-c3ccc4ccccc4c3)cc2)c2ccc3oc4ccccc4c3c2)c(-c2cccc3c2oc2ccccc23)c1. The number of para-hydroxylation sites is 4. The van der Waals surface area contributed by atoms with E-state index < -0.39 is 0 Å². The number of rotatable bonds is 5. The van der Waals surface area contributed by atoms with E-state index in [0.717, 1.165) is 72.1 Å². The highest BCUT2D eigenvalue weighted by atomic mass is 16.3. The van der Waals surface area contributed by atoms with E-state index >= 15 is 0 Å². The Labute approximate surface area is 282 Å². The van der Waals surface area contributed by atoms with Crippen LogP contribution in [0.4, 0.5) is 17.1 Å². The van der Waals surface area contributed by atoms with Gasteiger partial charge in [-0.3, -0.25) is 0 Å². The van der Waals surface area contributed by atoms with Crippen molar-refractivity contribution in [1.29, 1.82) is 0 Å². The Morgan fingerprint density at radius 2 is 0.959 bits per heavy atom. The fourth-order valence-corrected chi connectivity index (χ4v) is 7.31. The molecule has 8 aromatic carbocycles. The number of nitrogens with zero attached hydrogens (tertiary/aromatic N) is 1. The standard InChI is InChI=1S/C46H29NO2/c1-2-11-32-28-33(21-20-30(32)10-1)31-22-24-34(25-23-31)47(35-26-27-45-41(29-35)38-14-5-7-18-43(38)48-45)42-17-6-3-12-36(42)39-15-9-16-40-37-13-4-8-19-44(37)49-46(39)40/h1-29H. The molecule has 3 heteroatoms. The summed E-state index contributed by atoms with van der Waals surface area (Å²) in [4.78, 5) is 2.35. The first kappa shape index (κ1) is 27.5. The van der Waals surface area contributed by atoms with Crippen molar-refractivity contribution >= 4 is 71.7 Å². The fourth-order valence-electron chi connectivity index (χ4n) is 7.31. The van der Waals surface area contributed by atoms with E-state index in [1.807, 2.05) is 24.3 Å². The lowest BCUT2D eigenvalue weighted by atomic mass is 9.98. The number of hydrogen-bond acceptors (Lipinski definition) is 3. The van der Waals surface area contributed by atoms with Gasteiger partial charge in [-0.1, -0.05) is 121 Å². The van der Waals surface area contributed by atoms with Crippen molar-refractivity contribution in [2.45, 2.75) is 0 Å². The number of hydrogen-bond donors (Lipinski definition) is 0. The molecular formula is C46H29NO2. The van der Waals surface area contributed by atoms with E-state index in [4.69, 9.17) is 8.83 Å². The maximum atomic E-state index is 6.54. The summed E-state index contributed by atoms with van der Waals surface area (Å²) in [5.74, 6) is 0. The average Bonchev–Trinajstić information content (AvgIpc) is 3.74. The zero-order chi connectivity index (χ0) is 32.3. The first-order valence-corrected chi connectivity index (χ1v) is 16.6. The van der Waals surface area contributed by atoms with Crippen LogP contribution in [-0.2, 0) is 0 Å². The minimum atomic E-state index is 0.872. The minimum Gasteiger partial charge on any atom is -0.456 e. The van der Waals surface area contributed by atoms with E-state index in [9.17, 15) is 0 Å². The van der Waals surface area contributed by atoms with Gasteiger partial charge < -0.3 is 13.7 Å². The summed E-state index contributed by atoms with van der Waals surface area (Å²) in [7, 11) is 0. The second kappa shape index (κ2) is 11.0. The molecule has 0 N–H and O–H groups in total. The summed E-state index contributed by atoms with van der Waals surface area (Å²) in [5.41, 5.74) is 11.2. The van der Waals surface area contributed by atoms with Gasteiger partial charge in [-0.25, -0.2) is 0 Å². The van der Waals surface area contributed by atoms with Gasteiger partial charge in [0, 0.05) is 44.0 Å². The van der Waals surface area contributed by atoms with Crippen LogP contribution in [0, 0.1) is 0 Å². The van der Waals surface area contributed by atoms with Gasteiger partial charge in [0.25, 0.3) is 0 Å². The number of fused-ring (bicyclic) bond motifs is 7. The molecule has 0 saturated carbocycles. The van der Waals surface area contributed by atoms with Crippen LogP contribution in [0.2, 0.25) is 0 Å². The van der Waals surface area contributed by atoms with E-state index in [2.05, 4.69) is 157 Å². The van der Waals surface area contributed by atoms with Crippen LogP contribution in [-0.4, -0.2) is 0 Å². The Balaban J connectivity index is 1.18.